The van der Waals surface area contributed by atoms with E-state index in [1.54, 1.807) is 6.92 Å². The summed E-state index contributed by atoms with van der Waals surface area (Å²) < 4.78 is 40.3. The van der Waals surface area contributed by atoms with Gasteiger partial charge in [0.05, 0.1) is 16.8 Å². The van der Waals surface area contributed by atoms with Crippen molar-refractivity contribution in [3.8, 4) is 0 Å². The Morgan fingerprint density at radius 1 is 1.40 bits per heavy atom. The Labute approximate surface area is 156 Å². The molecule has 1 amide bonds. The summed E-state index contributed by atoms with van der Waals surface area (Å²) in [5.41, 5.74) is -0.259. The van der Waals surface area contributed by atoms with E-state index in [4.69, 9.17) is 11.6 Å². The molecule has 0 atom stereocenters. The van der Waals surface area contributed by atoms with Gasteiger partial charge in [-0.2, -0.15) is 18.3 Å². The standard InChI is InChI=1S/C16H16BrClF3N3O/c1-3-4-7-24-14(18)13(9(2)23-24)15(25)22-10-5-6-12(17)11(8-10)16(19,20)21/h5-6,8H,3-4,7H2,1-2H3,(H,22,25). The van der Waals surface area contributed by atoms with Crippen molar-refractivity contribution in [2.75, 3.05) is 5.32 Å². The molecule has 136 valence electrons. The molecule has 2 aromatic rings. The lowest BCUT2D eigenvalue weighted by molar-refractivity contribution is -0.138. The summed E-state index contributed by atoms with van der Waals surface area (Å²) in [5, 5.41) is 6.85. The van der Waals surface area contributed by atoms with Gasteiger partial charge in [-0.15, -0.1) is 0 Å². The lowest BCUT2D eigenvalue weighted by Gasteiger charge is -2.12. The van der Waals surface area contributed by atoms with Crippen LogP contribution < -0.4 is 5.32 Å². The summed E-state index contributed by atoms with van der Waals surface area (Å²) in [6.07, 6.45) is -2.74. The molecule has 1 aromatic heterocycles. The number of hydrogen-bond donors (Lipinski definition) is 1. The maximum Gasteiger partial charge on any atom is 0.417 e. The zero-order valence-electron chi connectivity index (χ0n) is 13.5. The third-order valence-corrected chi connectivity index (χ3v) is 4.62. The normalized spacial score (nSPS) is 11.6. The van der Waals surface area contributed by atoms with Crippen molar-refractivity contribution < 1.29 is 18.0 Å². The average molecular weight is 439 g/mol. The van der Waals surface area contributed by atoms with Crippen LogP contribution in [0.5, 0.6) is 0 Å². The first-order chi connectivity index (χ1) is 11.6. The van der Waals surface area contributed by atoms with E-state index in [-0.39, 0.29) is 20.9 Å². The lowest BCUT2D eigenvalue weighted by Crippen LogP contribution is -2.14. The number of aryl methyl sites for hydroxylation is 2. The number of aromatic nitrogens is 2. The van der Waals surface area contributed by atoms with E-state index in [2.05, 4.69) is 26.3 Å². The average Bonchev–Trinajstić information content (AvgIpc) is 2.80. The minimum Gasteiger partial charge on any atom is -0.322 e. The topological polar surface area (TPSA) is 46.9 Å². The summed E-state index contributed by atoms with van der Waals surface area (Å²) >= 11 is 9.07. The molecule has 1 aromatic carbocycles. The largest absolute Gasteiger partial charge is 0.417 e. The van der Waals surface area contributed by atoms with Crippen molar-refractivity contribution in [3.63, 3.8) is 0 Å². The number of halogens is 5. The smallest absolute Gasteiger partial charge is 0.322 e. The molecular formula is C16H16BrClF3N3O. The van der Waals surface area contributed by atoms with E-state index in [0.29, 0.717) is 12.2 Å². The Balaban J connectivity index is 2.27. The van der Waals surface area contributed by atoms with Crippen LogP contribution in [0.1, 0.15) is 41.4 Å². The number of anilines is 1. The van der Waals surface area contributed by atoms with Gasteiger partial charge in [-0.3, -0.25) is 9.48 Å². The van der Waals surface area contributed by atoms with Gasteiger partial charge in [-0.1, -0.05) is 40.9 Å². The van der Waals surface area contributed by atoms with E-state index >= 15 is 0 Å². The minimum atomic E-state index is -4.53. The van der Waals surface area contributed by atoms with Crippen LogP contribution in [0.4, 0.5) is 18.9 Å². The van der Waals surface area contributed by atoms with E-state index in [0.717, 1.165) is 18.9 Å². The minimum absolute atomic E-state index is 0.0253. The monoisotopic (exact) mass is 437 g/mol. The molecule has 0 aliphatic carbocycles. The fourth-order valence-electron chi connectivity index (χ4n) is 2.28. The predicted octanol–water partition coefficient (Wildman–Crippen LogP) is 5.68. The predicted molar refractivity (Wildman–Crippen MR) is 94.0 cm³/mol. The van der Waals surface area contributed by atoms with Gasteiger partial charge in [0.25, 0.3) is 5.91 Å². The van der Waals surface area contributed by atoms with Crippen molar-refractivity contribution in [1.29, 1.82) is 0 Å². The molecule has 0 unspecified atom stereocenters. The van der Waals surface area contributed by atoms with Gasteiger partial charge < -0.3 is 5.32 Å². The van der Waals surface area contributed by atoms with Crippen molar-refractivity contribution in [1.82, 2.24) is 9.78 Å². The molecule has 0 saturated carbocycles. The maximum atomic E-state index is 13.0. The molecule has 9 heteroatoms. The van der Waals surface area contributed by atoms with Crippen LogP contribution in [0.2, 0.25) is 5.15 Å². The SMILES string of the molecule is CCCCn1nc(C)c(C(=O)Nc2ccc(Br)c(C(F)(F)F)c2)c1Cl. The highest BCUT2D eigenvalue weighted by molar-refractivity contribution is 9.10. The first-order valence-electron chi connectivity index (χ1n) is 7.56. The first-order valence-corrected chi connectivity index (χ1v) is 8.73. The van der Waals surface area contributed by atoms with Gasteiger partial charge in [0.2, 0.25) is 0 Å². The number of amides is 1. The maximum absolute atomic E-state index is 13.0. The van der Waals surface area contributed by atoms with Gasteiger partial charge in [0, 0.05) is 16.7 Å². The molecular weight excluding hydrogens is 423 g/mol. The molecule has 0 radical (unpaired) electrons. The Morgan fingerprint density at radius 3 is 2.68 bits per heavy atom. The van der Waals surface area contributed by atoms with Crippen LogP contribution >= 0.6 is 27.5 Å². The zero-order valence-corrected chi connectivity index (χ0v) is 15.9. The summed E-state index contributed by atoms with van der Waals surface area (Å²) in [6, 6.07) is 3.48. The van der Waals surface area contributed by atoms with Gasteiger partial charge in [-0.25, -0.2) is 0 Å². The highest BCUT2D eigenvalue weighted by Gasteiger charge is 2.33. The Hall–Kier alpha value is -1.54. The Kier molecular flexibility index (Phi) is 6.16. The summed E-state index contributed by atoms with van der Waals surface area (Å²) in [6.45, 7) is 4.22. The first kappa shape index (κ1) is 19.8. The number of carbonyl (C=O) groups excluding carboxylic acids is 1. The van der Waals surface area contributed by atoms with Crippen LogP contribution in [0, 0.1) is 6.92 Å². The second-order valence-electron chi connectivity index (χ2n) is 5.47. The summed E-state index contributed by atoms with van der Waals surface area (Å²) in [5.74, 6) is -0.597. The fraction of sp³-hybridized carbons (Fsp3) is 0.375. The van der Waals surface area contributed by atoms with E-state index in [1.807, 2.05) is 6.92 Å². The number of nitrogens with zero attached hydrogens (tertiary/aromatic N) is 2. The molecule has 0 spiro atoms. The second-order valence-corrected chi connectivity index (χ2v) is 6.69. The molecule has 0 saturated heterocycles. The third kappa shape index (κ3) is 4.55. The van der Waals surface area contributed by atoms with Gasteiger partial charge in [0.1, 0.15) is 5.15 Å². The van der Waals surface area contributed by atoms with Crippen LogP contribution in [-0.2, 0) is 12.7 Å². The molecule has 4 nitrogen and oxygen atoms in total. The number of unbranched alkanes of at least 4 members (excludes halogenated alkanes) is 1. The van der Waals surface area contributed by atoms with Crippen molar-refractivity contribution in [2.45, 2.75) is 39.4 Å². The fourth-order valence-corrected chi connectivity index (χ4v) is 3.10. The van der Waals surface area contributed by atoms with Gasteiger partial charge in [-0.05, 0) is 31.5 Å². The molecule has 0 aliphatic heterocycles. The molecule has 1 heterocycles. The Bertz CT molecular complexity index is 790. The number of alkyl halides is 3. The van der Waals surface area contributed by atoms with Crippen molar-refractivity contribution >= 4 is 39.1 Å². The van der Waals surface area contributed by atoms with Gasteiger partial charge in [0.15, 0.2) is 0 Å². The quantitative estimate of drug-likeness (QED) is 0.653. The molecule has 1 N–H and O–H groups in total. The highest BCUT2D eigenvalue weighted by atomic mass is 79.9. The second kappa shape index (κ2) is 7.78. The van der Waals surface area contributed by atoms with E-state index in [9.17, 15) is 18.0 Å². The number of rotatable bonds is 5. The van der Waals surface area contributed by atoms with Crippen LogP contribution in [-0.4, -0.2) is 15.7 Å². The van der Waals surface area contributed by atoms with Crippen molar-refractivity contribution in [2.24, 2.45) is 0 Å². The number of benzene rings is 1. The number of nitrogens with one attached hydrogen (secondary N) is 1. The molecule has 25 heavy (non-hydrogen) atoms. The summed E-state index contributed by atoms with van der Waals surface area (Å²) in [4.78, 5) is 12.4. The summed E-state index contributed by atoms with van der Waals surface area (Å²) in [7, 11) is 0. The highest BCUT2D eigenvalue weighted by Crippen LogP contribution is 2.36. The van der Waals surface area contributed by atoms with Crippen molar-refractivity contribution in [3.05, 3.63) is 44.6 Å². The number of carbonyl (C=O) groups is 1. The molecule has 0 aliphatic rings. The Morgan fingerprint density at radius 2 is 2.08 bits per heavy atom. The van der Waals surface area contributed by atoms with Gasteiger partial charge >= 0.3 is 6.18 Å². The molecule has 0 fully saturated rings. The lowest BCUT2D eigenvalue weighted by atomic mass is 10.2. The van der Waals surface area contributed by atoms with E-state index in [1.165, 1.54) is 16.8 Å². The third-order valence-electron chi connectivity index (χ3n) is 3.55. The molecule has 2 rings (SSSR count). The van der Waals surface area contributed by atoms with Crippen LogP contribution in [0.3, 0.4) is 0 Å². The van der Waals surface area contributed by atoms with E-state index < -0.39 is 17.6 Å². The molecule has 0 bridgehead atoms. The zero-order chi connectivity index (χ0) is 18.8. The van der Waals surface area contributed by atoms with Crippen LogP contribution in [0.15, 0.2) is 22.7 Å². The van der Waals surface area contributed by atoms with Crippen LogP contribution in [0.25, 0.3) is 0 Å². The number of hydrogen-bond acceptors (Lipinski definition) is 2.